The van der Waals surface area contributed by atoms with Gasteiger partial charge >= 0.3 is 5.97 Å². The van der Waals surface area contributed by atoms with Gasteiger partial charge in [0.05, 0.1) is 0 Å². The maximum Gasteiger partial charge on any atom is 0.356 e. The summed E-state index contributed by atoms with van der Waals surface area (Å²) < 4.78 is 1.84. The number of nitrogens with one attached hydrogen (secondary N) is 1. The van der Waals surface area contributed by atoms with E-state index < -0.39 is 5.97 Å². The number of carbonyl (C=O) groups is 1. The van der Waals surface area contributed by atoms with E-state index in [9.17, 15) is 4.79 Å². The zero-order chi connectivity index (χ0) is 9.42. The number of imidazole rings is 1. The summed E-state index contributed by atoms with van der Waals surface area (Å²) in [5, 5.41) is 11.8. The van der Waals surface area contributed by atoms with Crippen LogP contribution in [0.1, 0.15) is 23.8 Å². The van der Waals surface area contributed by atoms with Crippen LogP contribution in [0.25, 0.3) is 0 Å². The average Bonchev–Trinajstić information content (AvgIpc) is 2.46. The van der Waals surface area contributed by atoms with Crippen molar-refractivity contribution in [3.8, 4) is 0 Å². The molecule has 0 fully saturated rings. The third-order valence-electron chi connectivity index (χ3n) is 2.17. The van der Waals surface area contributed by atoms with E-state index in [2.05, 4.69) is 17.2 Å². The van der Waals surface area contributed by atoms with Gasteiger partial charge < -0.3 is 15.0 Å². The Balaban J connectivity index is 2.33. The summed E-state index contributed by atoms with van der Waals surface area (Å²) in [6.07, 6.45) is 2.57. The van der Waals surface area contributed by atoms with Gasteiger partial charge in [-0.3, -0.25) is 0 Å². The Labute approximate surface area is 75.4 Å². The molecule has 1 aliphatic heterocycles. The van der Waals surface area contributed by atoms with E-state index in [0.29, 0.717) is 12.0 Å². The quantitative estimate of drug-likeness (QED) is 0.672. The number of aryl methyl sites for hydroxylation is 1. The Bertz CT molecular complexity index is 345. The van der Waals surface area contributed by atoms with Gasteiger partial charge in [-0.05, 0) is 13.3 Å². The van der Waals surface area contributed by atoms with Gasteiger partial charge in [0, 0.05) is 18.8 Å². The molecule has 70 valence electrons. The molecule has 2 rings (SSSR count). The standard InChI is InChI=1S/C8H11N3O2/c1-5-2-3-11-4-6(7(12)13)10-8(11)9-5/h4-5H,2-3H2,1H3,(H,9,10)(H,12,13)/t5-/m1/s1. The number of hydrogen-bond acceptors (Lipinski definition) is 3. The first-order valence-corrected chi connectivity index (χ1v) is 4.24. The molecular weight excluding hydrogens is 170 g/mol. The number of rotatable bonds is 1. The molecule has 0 saturated heterocycles. The Hall–Kier alpha value is -1.52. The highest BCUT2D eigenvalue weighted by Gasteiger charge is 2.18. The van der Waals surface area contributed by atoms with Crippen LogP contribution in [0.4, 0.5) is 5.95 Å². The molecule has 1 atom stereocenters. The minimum absolute atomic E-state index is 0.108. The maximum atomic E-state index is 10.6. The van der Waals surface area contributed by atoms with Crippen LogP contribution in [0, 0.1) is 0 Å². The fourth-order valence-electron chi connectivity index (χ4n) is 1.43. The van der Waals surface area contributed by atoms with Crippen LogP contribution in [0.5, 0.6) is 0 Å². The Morgan fingerprint density at radius 2 is 2.62 bits per heavy atom. The van der Waals surface area contributed by atoms with Gasteiger partial charge in [0.2, 0.25) is 5.95 Å². The second kappa shape index (κ2) is 2.76. The lowest BCUT2D eigenvalue weighted by Crippen LogP contribution is -2.25. The predicted octanol–water partition coefficient (Wildman–Crippen LogP) is 0.785. The number of carboxylic acids is 1. The summed E-state index contributed by atoms with van der Waals surface area (Å²) >= 11 is 0. The fourth-order valence-corrected chi connectivity index (χ4v) is 1.43. The van der Waals surface area contributed by atoms with Crippen molar-refractivity contribution in [1.29, 1.82) is 0 Å². The number of aromatic nitrogens is 2. The van der Waals surface area contributed by atoms with Gasteiger partial charge in [-0.15, -0.1) is 0 Å². The Kier molecular flexibility index (Phi) is 1.72. The van der Waals surface area contributed by atoms with Gasteiger partial charge in [-0.25, -0.2) is 9.78 Å². The van der Waals surface area contributed by atoms with Crippen LogP contribution >= 0.6 is 0 Å². The van der Waals surface area contributed by atoms with Gasteiger partial charge in [-0.1, -0.05) is 0 Å². The molecule has 0 amide bonds. The van der Waals surface area contributed by atoms with Crippen LogP contribution in [0.3, 0.4) is 0 Å². The molecule has 0 unspecified atom stereocenters. The molecule has 5 heteroatoms. The lowest BCUT2D eigenvalue weighted by molar-refractivity contribution is 0.0691. The van der Waals surface area contributed by atoms with Crippen molar-refractivity contribution in [1.82, 2.24) is 9.55 Å². The smallest absolute Gasteiger partial charge is 0.356 e. The first-order chi connectivity index (χ1) is 6.16. The predicted molar refractivity (Wildman–Crippen MR) is 46.9 cm³/mol. The van der Waals surface area contributed by atoms with Gasteiger partial charge in [0.25, 0.3) is 0 Å². The summed E-state index contributed by atoms with van der Waals surface area (Å²) in [6, 6.07) is 0.372. The second-order valence-corrected chi connectivity index (χ2v) is 3.28. The third kappa shape index (κ3) is 1.37. The lowest BCUT2D eigenvalue weighted by atomic mass is 10.2. The molecule has 0 bridgehead atoms. The highest BCUT2D eigenvalue weighted by Crippen LogP contribution is 2.17. The average molecular weight is 181 g/mol. The number of carboxylic acid groups (broad SMARTS) is 1. The van der Waals surface area contributed by atoms with E-state index in [1.807, 2.05) is 4.57 Å². The molecule has 0 aliphatic carbocycles. The molecule has 1 aromatic heterocycles. The number of aromatic carboxylic acids is 1. The maximum absolute atomic E-state index is 10.6. The van der Waals surface area contributed by atoms with Crippen molar-refractivity contribution in [3.63, 3.8) is 0 Å². The minimum atomic E-state index is -0.976. The van der Waals surface area contributed by atoms with Crippen LogP contribution in [-0.4, -0.2) is 26.7 Å². The van der Waals surface area contributed by atoms with E-state index in [1.54, 1.807) is 6.20 Å². The monoisotopic (exact) mass is 181 g/mol. The molecule has 2 N–H and O–H groups in total. The van der Waals surface area contributed by atoms with Crippen LogP contribution < -0.4 is 5.32 Å². The van der Waals surface area contributed by atoms with E-state index in [-0.39, 0.29) is 5.69 Å². The number of fused-ring (bicyclic) bond motifs is 1. The van der Waals surface area contributed by atoms with Crippen LogP contribution in [0.15, 0.2) is 6.20 Å². The van der Waals surface area contributed by atoms with Crippen LogP contribution in [0.2, 0.25) is 0 Å². The van der Waals surface area contributed by atoms with Gasteiger partial charge in [-0.2, -0.15) is 0 Å². The van der Waals surface area contributed by atoms with Gasteiger partial charge in [0.15, 0.2) is 5.69 Å². The molecule has 13 heavy (non-hydrogen) atoms. The molecule has 0 aromatic carbocycles. The molecule has 5 nitrogen and oxygen atoms in total. The first-order valence-electron chi connectivity index (χ1n) is 4.24. The molecule has 1 aliphatic rings. The molecule has 0 radical (unpaired) electrons. The molecule has 1 aromatic rings. The molecule has 0 spiro atoms. The van der Waals surface area contributed by atoms with Crippen molar-refractivity contribution >= 4 is 11.9 Å². The Morgan fingerprint density at radius 3 is 3.31 bits per heavy atom. The molecule has 2 heterocycles. The second-order valence-electron chi connectivity index (χ2n) is 3.28. The van der Waals surface area contributed by atoms with Crippen molar-refractivity contribution in [2.75, 3.05) is 5.32 Å². The zero-order valence-electron chi connectivity index (χ0n) is 7.32. The summed E-state index contributed by atoms with van der Waals surface area (Å²) in [5.41, 5.74) is 0.108. The number of nitrogens with zero attached hydrogens (tertiary/aromatic N) is 2. The minimum Gasteiger partial charge on any atom is -0.476 e. The van der Waals surface area contributed by atoms with Crippen molar-refractivity contribution in [2.45, 2.75) is 25.9 Å². The number of hydrogen-bond donors (Lipinski definition) is 2. The summed E-state index contributed by atoms with van der Waals surface area (Å²) in [6.45, 7) is 2.89. The lowest BCUT2D eigenvalue weighted by Gasteiger charge is -2.21. The van der Waals surface area contributed by atoms with E-state index in [0.717, 1.165) is 13.0 Å². The topological polar surface area (TPSA) is 67.2 Å². The largest absolute Gasteiger partial charge is 0.476 e. The van der Waals surface area contributed by atoms with E-state index >= 15 is 0 Å². The van der Waals surface area contributed by atoms with E-state index in [4.69, 9.17) is 5.11 Å². The fraction of sp³-hybridized carbons (Fsp3) is 0.500. The van der Waals surface area contributed by atoms with Crippen LogP contribution in [-0.2, 0) is 6.54 Å². The summed E-state index contributed by atoms with van der Waals surface area (Å²) in [5.74, 6) is -0.312. The first kappa shape index (κ1) is 8.10. The van der Waals surface area contributed by atoms with E-state index in [1.165, 1.54) is 0 Å². The van der Waals surface area contributed by atoms with Crippen molar-refractivity contribution in [3.05, 3.63) is 11.9 Å². The SMILES string of the molecule is C[C@@H]1CCn2cc(C(=O)O)nc2N1. The molecule has 0 saturated carbocycles. The third-order valence-corrected chi connectivity index (χ3v) is 2.17. The highest BCUT2D eigenvalue weighted by molar-refractivity contribution is 5.85. The zero-order valence-corrected chi connectivity index (χ0v) is 7.32. The summed E-state index contributed by atoms with van der Waals surface area (Å²) in [7, 11) is 0. The molecular formula is C8H11N3O2. The summed E-state index contributed by atoms with van der Waals surface area (Å²) in [4.78, 5) is 14.5. The Morgan fingerprint density at radius 1 is 1.85 bits per heavy atom. The van der Waals surface area contributed by atoms with Gasteiger partial charge in [0.1, 0.15) is 0 Å². The highest BCUT2D eigenvalue weighted by atomic mass is 16.4. The normalized spacial score (nSPS) is 20.5. The number of anilines is 1. The van der Waals surface area contributed by atoms with Crippen molar-refractivity contribution < 1.29 is 9.90 Å². The van der Waals surface area contributed by atoms with Crippen molar-refractivity contribution in [2.24, 2.45) is 0 Å².